The zero-order chi connectivity index (χ0) is 22.0. The van der Waals surface area contributed by atoms with Gasteiger partial charge in [-0.25, -0.2) is 4.98 Å². The highest BCUT2D eigenvalue weighted by atomic mass is 35.5. The number of nitrogens with zero attached hydrogens (tertiary/aromatic N) is 1. The van der Waals surface area contributed by atoms with E-state index >= 15 is 0 Å². The number of thiophene rings is 2. The summed E-state index contributed by atoms with van der Waals surface area (Å²) in [4.78, 5) is 4.65. The van der Waals surface area contributed by atoms with Crippen molar-refractivity contribution in [2.24, 2.45) is 0 Å². The third-order valence-corrected chi connectivity index (χ3v) is 7.03. The maximum atomic E-state index is 8.47. The Morgan fingerprint density at radius 3 is 2.55 bits per heavy atom. The number of fused-ring (bicyclic) bond motifs is 1. The number of piperazine rings is 1. The monoisotopic (exact) mass is 495 g/mol. The van der Waals surface area contributed by atoms with Gasteiger partial charge in [-0.15, -0.1) is 11.3 Å². The van der Waals surface area contributed by atoms with Crippen molar-refractivity contribution in [2.45, 2.75) is 19.0 Å². The molecule has 0 amide bonds. The summed E-state index contributed by atoms with van der Waals surface area (Å²) in [5.41, 5.74) is 3.85. The van der Waals surface area contributed by atoms with E-state index in [1.807, 2.05) is 23.6 Å². The van der Waals surface area contributed by atoms with E-state index in [0.29, 0.717) is 16.4 Å². The lowest BCUT2D eigenvalue weighted by atomic mass is 9.83. The van der Waals surface area contributed by atoms with Gasteiger partial charge in [0, 0.05) is 35.3 Å². The summed E-state index contributed by atoms with van der Waals surface area (Å²) in [6.45, 7) is 3.95. The normalized spacial score (nSPS) is 18.6. The van der Waals surface area contributed by atoms with Crippen molar-refractivity contribution in [1.82, 2.24) is 15.6 Å². The molecule has 4 heterocycles. The first-order chi connectivity index (χ1) is 14.9. The summed E-state index contributed by atoms with van der Waals surface area (Å²) in [6, 6.07) is 7.65. The van der Waals surface area contributed by atoms with Crippen LogP contribution in [0.5, 0.6) is 0 Å². The van der Waals surface area contributed by atoms with Crippen LogP contribution < -0.4 is 16.1 Å². The average molecular weight is 496 g/mol. The predicted octanol–water partition coefficient (Wildman–Crippen LogP) is 3.91. The van der Waals surface area contributed by atoms with Crippen molar-refractivity contribution in [3.8, 4) is 11.1 Å². The molecular formula is C20H20BCl2N3O3S2. The molecule has 1 aliphatic rings. The van der Waals surface area contributed by atoms with Crippen molar-refractivity contribution < 1.29 is 14.5 Å². The number of oxazole rings is 1. The molecule has 0 spiro atoms. The van der Waals surface area contributed by atoms with E-state index in [4.69, 9.17) is 37.7 Å². The Morgan fingerprint density at radius 2 is 1.94 bits per heavy atom. The van der Waals surface area contributed by atoms with Gasteiger partial charge in [0.2, 0.25) is 5.89 Å². The van der Waals surface area contributed by atoms with Crippen molar-refractivity contribution in [1.29, 1.82) is 0 Å². The lowest BCUT2D eigenvalue weighted by Gasteiger charge is -2.28. The Labute approximate surface area is 198 Å². The molecule has 11 heteroatoms. The molecule has 0 saturated carbocycles. The van der Waals surface area contributed by atoms with E-state index in [2.05, 4.69) is 22.5 Å². The Morgan fingerprint density at radius 1 is 1.13 bits per heavy atom. The molecular weight excluding hydrogens is 476 g/mol. The van der Waals surface area contributed by atoms with Crippen LogP contribution in [0.15, 0.2) is 44.8 Å². The van der Waals surface area contributed by atoms with Crippen molar-refractivity contribution in [3.05, 3.63) is 55.7 Å². The summed E-state index contributed by atoms with van der Waals surface area (Å²) in [6.07, 6.45) is 0. The van der Waals surface area contributed by atoms with Crippen LogP contribution in [-0.2, 0) is 0 Å². The SMILES string of the molecule is CC1NCCNC1c1nc2cc(Cl)cc(-c3ccsc3Cl)c2o1.OB(O)c1ccsc1. The third kappa shape index (κ3) is 5.15. The van der Waals surface area contributed by atoms with Crippen LogP contribution in [-0.4, -0.2) is 41.3 Å². The Kier molecular flexibility index (Phi) is 7.35. The van der Waals surface area contributed by atoms with Crippen molar-refractivity contribution in [2.75, 3.05) is 13.1 Å². The van der Waals surface area contributed by atoms with Crippen LogP contribution in [0, 0.1) is 0 Å². The number of nitrogens with one attached hydrogen (secondary N) is 2. The second kappa shape index (κ2) is 10.0. The van der Waals surface area contributed by atoms with E-state index in [0.717, 1.165) is 39.7 Å². The minimum atomic E-state index is -1.30. The highest BCUT2D eigenvalue weighted by molar-refractivity contribution is 7.15. The first kappa shape index (κ1) is 22.8. The smallest absolute Gasteiger partial charge is 0.438 e. The van der Waals surface area contributed by atoms with Gasteiger partial charge in [-0.2, -0.15) is 11.3 Å². The minimum Gasteiger partial charge on any atom is -0.438 e. The molecule has 6 nitrogen and oxygen atoms in total. The number of hydrogen-bond acceptors (Lipinski definition) is 8. The second-order valence-corrected chi connectivity index (χ2v) is 9.80. The first-order valence-corrected chi connectivity index (χ1v) is 12.2. The Balaban J connectivity index is 0.000000245. The van der Waals surface area contributed by atoms with Gasteiger partial charge in [0.05, 0.1) is 6.04 Å². The molecule has 5 rings (SSSR count). The summed E-state index contributed by atoms with van der Waals surface area (Å²) < 4.78 is 6.84. The number of hydrogen-bond donors (Lipinski definition) is 4. The summed E-state index contributed by atoms with van der Waals surface area (Å²) in [5, 5.41) is 29.9. The predicted molar refractivity (Wildman–Crippen MR) is 130 cm³/mol. The van der Waals surface area contributed by atoms with Crippen LogP contribution in [0.3, 0.4) is 0 Å². The van der Waals surface area contributed by atoms with E-state index in [-0.39, 0.29) is 12.1 Å². The molecule has 4 N–H and O–H groups in total. The molecule has 4 aromatic rings. The van der Waals surface area contributed by atoms with Crippen molar-refractivity contribution >= 4 is 69.6 Å². The van der Waals surface area contributed by atoms with E-state index in [9.17, 15) is 0 Å². The van der Waals surface area contributed by atoms with Crippen LogP contribution in [0.2, 0.25) is 9.36 Å². The van der Waals surface area contributed by atoms with Crippen LogP contribution in [0.1, 0.15) is 18.9 Å². The molecule has 1 aromatic carbocycles. The van der Waals surface area contributed by atoms with Gasteiger partial charge in [0.25, 0.3) is 0 Å². The summed E-state index contributed by atoms with van der Waals surface area (Å²) in [7, 11) is -1.30. The minimum absolute atomic E-state index is 0.0423. The maximum absolute atomic E-state index is 8.47. The summed E-state index contributed by atoms with van der Waals surface area (Å²) in [5.74, 6) is 0.676. The van der Waals surface area contributed by atoms with E-state index in [1.54, 1.807) is 16.8 Å². The molecule has 2 atom stereocenters. The lowest BCUT2D eigenvalue weighted by Crippen LogP contribution is -2.49. The number of rotatable bonds is 3. The van der Waals surface area contributed by atoms with Gasteiger partial charge in [-0.1, -0.05) is 29.3 Å². The second-order valence-electron chi connectivity index (χ2n) is 7.07. The quantitative estimate of drug-likeness (QED) is 0.322. The molecule has 162 valence electrons. The molecule has 2 unspecified atom stereocenters. The standard InChI is InChI=1S/C16H15Cl2N3OS.C4H5BO2S/c1-8-13(20-4-3-19-8)16-21-12-7-9(17)6-11(14(12)22-16)10-2-5-23-15(10)18;6-5(7)4-1-2-8-3-4/h2,5-8,13,19-20H,3-4H2,1H3;1-3,6-7H. The molecule has 1 fully saturated rings. The van der Waals surface area contributed by atoms with E-state index < -0.39 is 7.12 Å². The Bertz CT molecular complexity index is 1150. The Hall–Kier alpha value is -1.43. The fourth-order valence-electron chi connectivity index (χ4n) is 3.38. The highest BCUT2D eigenvalue weighted by Crippen LogP contribution is 2.39. The topological polar surface area (TPSA) is 90.6 Å². The molecule has 31 heavy (non-hydrogen) atoms. The van der Waals surface area contributed by atoms with Gasteiger partial charge in [0.1, 0.15) is 9.85 Å². The zero-order valence-electron chi connectivity index (χ0n) is 16.5. The van der Waals surface area contributed by atoms with Gasteiger partial charge >= 0.3 is 7.12 Å². The fourth-order valence-corrected chi connectivity index (χ4v) is 5.21. The van der Waals surface area contributed by atoms with Gasteiger partial charge < -0.3 is 25.1 Å². The van der Waals surface area contributed by atoms with Crippen LogP contribution in [0.4, 0.5) is 0 Å². The molecule has 1 aliphatic heterocycles. The molecule has 0 aliphatic carbocycles. The number of halogens is 2. The highest BCUT2D eigenvalue weighted by Gasteiger charge is 2.27. The molecule has 0 radical (unpaired) electrons. The lowest BCUT2D eigenvalue weighted by molar-refractivity contribution is 0.298. The fraction of sp³-hybridized carbons (Fsp3) is 0.250. The van der Waals surface area contributed by atoms with E-state index in [1.165, 1.54) is 22.7 Å². The van der Waals surface area contributed by atoms with Gasteiger partial charge in [0.15, 0.2) is 5.58 Å². The zero-order valence-corrected chi connectivity index (χ0v) is 19.7. The molecule has 0 bridgehead atoms. The molecule has 1 saturated heterocycles. The average Bonchev–Trinajstić information content (AvgIpc) is 3.49. The number of aromatic nitrogens is 1. The largest absolute Gasteiger partial charge is 0.489 e. The van der Waals surface area contributed by atoms with Gasteiger partial charge in [-0.3, -0.25) is 0 Å². The number of benzene rings is 1. The van der Waals surface area contributed by atoms with Gasteiger partial charge in [-0.05, 0) is 46.7 Å². The maximum Gasteiger partial charge on any atom is 0.489 e. The molecule has 3 aromatic heterocycles. The summed E-state index contributed by atoms with van der Waals surface area (Å²) >= 11 is 15.5. The van der Waals surface area contributed by atoms with Crippen molar-refractivity contribution in [3.63, 3.8) is 0 Å². The van der Waals surface area contributed by atoms with Crippen LogP contribution in [0.25, 0.3) is 22.2 Å². The van der Waals surface area contributed by atoms with Crippen LogP contribution >= 0.6 is 45.9 Å². The first-order valence-electron chi connectivity index (χ1n) is 9.62. The third-order valence-electron chi connectivity index (χ3n) is 4.94.